The van der Waals surface area contributed by atoms with E-state index in [9.17, 15) is 4.79 Å². The summed E-state index contributed by atoms with van der Waals surface area (Å²) in [5.41, 5.74) is 2.64. The van der Waals surface area contributed by atoms with Gasteiger partial charge < -0.3 is 10.2 Å². The Morgan fingerprint density at radius 3 is 2.71 bits per heavy atom. The van der Waals surface area contributed by atoms with Gasteiger partial charge in [-0.05, 0) is 62.2 Å². The van der Waals surface area contributed by atoms with E-state index in [-0.39, 0.29) is 11.8 Å². The monoisotopic (exact) mass is 284 g/mol. The number of aryl methyl sites for hydroxylation is 1. The predicted octanol–water partition coefficient (Wildman–Crippen LogP) is 2.32. The molecule has 3 heterocycles. The topological polar surface area (TPSA) is 32.3 Å². The Bertz CT molecular complexity index is 534. The van der Waals surface area contributed by atoms with Crippen molar-refractivity contribution in [3.8, 4) is 0 Å². The van der Waals surface area contributed by atoms with Gasteiger partial charge in [-0.25, -0.2) is 0 Å². The van der Waals surface area contributed by atoms with Crippen LogP contribution in [-0.4, -0.2) is 36.5 Å². The molecule has 1 amide bonds. The van der Waals surface area contributed by atoms with Crippen LogP contribution in [-0.2, 0) is 11.2 Å². The predicted molar refractivity (Wildman–Crippen MR) is 83.2 cm³/mol. The van der Waals surface area contributed by atoms with Crippen molar-refractivity contribution in [1.29, 1.82) is 0 Å². The third kappa shape index (κ3) is 2.48. The normalized spacial score (nSPS) is 34.3. The molecule has 1 aliphatic carbocycles. The summed E-state index contributed by atoms with van der Waals surface area (Å²) < 4.78 is 0. The average Bonchev–Trinajstić information content (AvgIpc) is 2.55. The molecule has 112 valence electrons. The highest BCUT2D eigenvalue weighted by Gasteiger charge is 2.36. The number of nitrogens with one attached hydrogen (secondary N) is 1. The number of nitrogens with zero attached hydrogens (tertiary/aromatic N) is 1. The van der Waals surface area contributed by atoms with Gasteiger partial charge in [0.1, 0.15) is 0 Å². The van der Waals surface area contributed by atoms with E-state index in [0.717, 1.165) is 25.8 Å². The lowest BCUT2D eigenvalue weighted by Crippen LogP contribution is -2.57. The van der Waals surface area contributed by atoms with Crippen molar-refractivity contribution in [3.63, 3.8) is 0 Å². The second kappa shape index (κ2) is 5.45. The lowest BCUT2D eigenvalue weighted by molar-refractivity contribution is -0.125. The number of amides is 1. The van der Waals surface area contributed by atoms with Gasteiger partial charge in [0.15, 0.2) is 0 Å². The molecule has 4 aliphatic rings. The van der Waals surface area contributed by atoms with Gasteiger partial charge in [-0.15, -0.1) is 0 Å². The van der Waals surface area contributed by atoms with Crippen molar-refractivity contribution in [3.05, 3.63) is 35.4 Å². The average molecular weight is 284 g/mol. The van der Waals surface area contributed by atoms with Gasteiger partial charge >= 0.3 is 0 Å². The number of hydrogen-bond donors (Lipinski definition) is 1. The van der Waals surface area contributed by atoms with Gasteiger partial charge in [0.05, 0.1) is 5.92 Å². The summed E-state index contributed by atoms with van der Waals surface area (Å²) >= 11 is 0. The number of rotatable bonds is 2. The number of hydrogen-bond acceptors (Lipinski definition) is 2. The van der Waals surface area contributed by atoms with Crippen LogP contribution < -0.4 is 5.32 Å². The maximum atomic E-state index is 12.8. The molecule has 0 radical (unpaired) electrons. The van der Waals surface area contributed by atoms with E-state index in [1.54, 1.807) is 0 Å². The lowest BCUT2D eigenvalue weighted by Gasteiger charge is -2.45. The fraction of sp³-hybridized carbons (Fsp3) is 0.611. The van der Waals surface area contributed by atoms with E-state index < -0.39 is 0 Å². The summed E-state index contributed by atoms with van der Waals surface area (Å²) in [6, 6.07) is 8.87. The molecule has 0 saturated carbocycles. The Kier molecular flexibility index (Phi) is 3.46. The summed E-state index contributed by atoms with van der Waals surface area (Å²) in [6.45, 7) is 3.51. The quantitative estimate of drug-likeness (QED) is 0.904. The minimum atomic E-state index is 0.0744. The lowest BCUT2D eigenvalue weighted by atomic mass is 9.80. The summed E-state index contributed by atoms with van der Waals surface area (Å²) in [4.78, 5) is 15.3. The molecule has 3 heteroatoms. The molecule has 1 aromatic carbocycles. The summed E-state index contributed by atoms with van der Waals surface area (Å²) in [5, 5.41) is 3.38. The number of carbonyl (C=O) groups excluding carboxylic acids is 1. The van der Waals surface area contributed by atoms with Gasteiger partial charge in [0, 0.05) is 12.6 Å². The Labute approximate surface area is 126 Å². The first-order valence-electron chi connectivity index (χ1n) is 8.42. The van der Waals surface area contributed by atoms with E-state index in [0.29, 0.717) is 12.0 Å². The minimum Gasteiger partial charge on any atom is -0.351 e. The summed E-state index contributed by atoms with van der Waals surface area (Å²) in [7, 11) is 0. The van der Waals surface area contributed by atoms with Crippen molar-refractivity contribution in [1.82, 2.24) is 10.2 Å². The highest BCUT2D eigenvalue weighted by Crippen LogP contribution is 2.33. The second-order valence-corrected chi connectivity index (χ2v) is 6.90. The van der Waals surface area contributed by atoms with Crippen molar-refractivity contribution in [2.45, 2.75) is 44.1 Å². The molecule has 0 spiro atoms. The van der Waals surface area contributed by atoms with E-state index in [1.165, 1.54) is 37.1 Å². The molecule has 0 unspecified atom stereocenters. The van der Waals surface area contributed by atoms with Crippen LogP contribution >= 0.6 is 0 Å². The summed E-state index contributed by atoms with van der Waals surface area (Å²) in [5.74, 6) is 1.05. The smallest absolute Gasteiger partial charge is 0.227 e. The Morgan fingerprint density at radius 1 is 1.14 bits per heavy atom. The molecule has 3 nitrogen and oxygen atoms in total. The Morgan fingerprint density at radius 2 is 1.95 bits per heavy atom. The molecule has 5 rings (SSSR count). The fourth-order valence-electron chi connectivity index (χ4n) is 4.44. The zero-order chi connectivity index (χ0) is 14.2. The first-order chi connectivity index (χ1) is 10.3. The molecule has 1 N–H and O–H groups in total. The molecule has 21 heavy (non-hydrogen) atoms. The molecule has 2 bridgehead atoms. The van der Waals surface area contributed by atoms with Crippen molar-refractivity contribution in [2.24, 2.45) is 5.92 Å². The second-order valence-electron chi connectivity index (χ2n) is 6.90. The van der Waals surface area contributed by atoms with Crippen LogP contribution in [0.1, 0.15) is 42.7 Å². The maximum absolute atomic E-state index is 12.8. The maximum Gasteiger partial charge on any atom is 0.227 e. The number of benzene rings is 1. The van der Waals surface area contributed by atoms with Gasteiger partial charge in [0.25, 0.3) is 0 Å². The molecule has 3 saturated heterocycles. The van der Waals surface area contributed by atoms with Crippen LogP contribution in [0.4, 0.5) is 0 Å². The Balaban J connectivity index is 1.49. The van der Waals surface area contributed by atoms with Crippen LogP contribution in [0.3, 0.4) is 0 Å². The van der Waals surface area contributed by atoms with Gasteiger partial charge in [-0.3, -0.25) is 4.79 Å². The molecule has 1 aromatic rings. The SMILES string of the molecule is O=C(N[C@H]1CN2CCC1CC2)[C@@H]1CCCc2ccccc21. The zero-order valence-electron chi connectivity index (χ0n) is 12.6. The van der Waals surface area contributed by atoms with Crippen molar-refractivity contribution >= 4 is 5.91 Å². The highest BCUT2D eigenvalue weighted by atomic mass is 16.2. The fourth-order valence-corrected chi connectivity index (χ4v) is 4.44. The molecule has 2 atom stereocenters. The third-order valence-corrected chi connectivity index (χ3v) is 5.67. The third-order valence-electron chi connectivity index (χ3n) is 5.67. The van der Waals surface area contributed by atoms with E-state index in [2.05, 4.69) is 34.5 Å². The van der Waals surface area contributed by atoms with E-state index in [1.807, 2.05) is 0 Å². The van der Waals surface area contributed by atoms with Crippen LogP contribution in [0.25, 0.3) is 0 Å². The van der Waals surface area contributed by atoms with Gasteiger partial charge in [0.2, 0.25) is 5.91 Å². The number of fused-ring (bicyclic) bond motifs is 4. The summed E-state index contributed by atoms with van der Waals surface area (Å²) in [6.07, 6.45) is 5.78. The number of carbonyl (C=O) groups is 1. The van der Waals surface area contributed by atoms with Crippen LogP contribution in [0.15, 0.2) is 24.3 Å². The number of piperidine rings is 3. The molecular formula is C18H24N2O. The van der Waals surface area contributed by atoms with Crippen molar-refractivity contribution in [2.75, 3.05) is 19.6 Å². The van der Waals surface area contributed by atoms with E-state index >= 15 is 0 Å². The molecular weight excluding hydrogens is 260 g/mol. The van der Waals surface area contributed by atoms with Crippen LogP contribution in [0.5, 0.6) is 0 Å². The first kappa shape index (κ1) is 13.3. The first-order valence-corrected chi connectivity index (χ1v) is 8.42. The molecule has 3 aliphatic heterocycles. The largest absolute Gasteiger partial charge is 0.351 e. The minimum absolute atomic E-state index is 0.0744. The molecule has 0 aromatic heterocycles. The molecule has 3 fully saturated rings. The zero-order valence-corrected chi connectivity index (χ0v) is 12.6. The van der Waals surface area contributed by atoms with Crippen molar-refractivity contribution < 1.29 is 4.79 Å². The van der Waals surface area contributed by atoms with E-state index in [4.69, 9.17) is 0 Å². The van der Waals surface area contributed by atoms with Gasteiger partial charge in [-0.2, -0.15) is 0 Å². The standard InChI is InChI=1S/C18H24N2O/c21-18(19-17-12-20-10-8-14(17)9-11-20)16-7-3-5-13-4-1-2-6-15(13)16/h1-2,4,6,14,16-17H,3,5,7-12H2,(H,19,21)/t16-,17+/m1/s1. The van der Waals surface area contributed by atoms with Crippen LogP contribution in [0.2, 0.25) is 0 Å². The van der Waals surface area contributed by atoms with Gasteiger partial charge in [-0.1, -0.05) is 24.3 Å². The van der Waals surface area contributed by atoms with Crippen LogP contribution in [0, 0.1) is 5.92 Å². The highest BCUT2D eigenvalue weighted by molar-refractivity contribution is 5.84. The Hall–Kier alpha value is -1.35.